The highest BCUT2D eigenvalue weighted by atomic mass is 32.2. The Morgan fingerprint density at radius 2 is 1.00 bits per heavy atom. The fraction of sp³-hybridized carbons (Fsp3) is 0.879. The summed E-state index contributed by atoms with van der Waals surface area (Å²) in [5.74, 6) is -3.31. The standard InChI is InChI=1S/C33H65N5O7S/c1-3-4-5-6-7-8-9-10-11-12-13-14-15-22-30(39)36-27(20-16-18-24-34)31(40)37-28(23-26-46(2,44)45)32(41)38-29(33(42)43)21-17-19-25-35/h27-29H,3-26,34-35H2,1-2H3,(H,36,39)(H,37,40)(H,38,41)(H,42,43)/t27-,28-,29-/m0/s1. The molecule has 8 N–H and O–H groups in total. The topological polar surface area (TPSA) is 211 Å². The van der Waals surface area contributed by atoms with Crippen LogP contribution in [0.2, 0.25) is 0 Å². The molecule has 0 fully saturated rings. The number of hydrogen-bond donors (Lipinski definition) is 6. The van der Waals surface area contributed by atoms with Crippen LogP contribution in [0.5, 0.6) is 0 Å². The van der Waals surface area contributed by atoms with Gasteiger partial charge in [0.15, 0.2) is 0 Å². The average Bonchev–Trinajstić information content (AvgIpc) is 2.99. The molecule has 3 amide bonds. The summed E-state index contributed by atoms with van der Waals surface area (Å²) in [4.78, 5) is 50.9. The number of carboxylic acids is 1. The lowest BCUT2D eigenvalue weighted by atomic mass is 10.0. The minimum absolute atomic E-state index is 0.141. The van der Waals surface area contributed by atoms with Crippen LogP contribution in [0.1, 0.15) is 142 Å². The Balaban J connectivity index is 4.97. The summed E-state index contributed by atoms with van der Waals surface area (Å²) < 4.78 is 23.7. The van der Waals surface area contributed by atoms with Crippen LogP contribution >= 0.6 is 0 Å². The molecule has 270 valence electrons. The van der Waals surface area contributed by atoms with Gasteiger partial charge in [-0.15, -0.1) is 0 Å². The molecule has 0 aliphatic carbocycles. The predicted molar refractivity (Wildman–Crippen MR) is 184 cm³/mol. The van der Waals surface area contributed by atoms with Gasteiger partial charge in [-0.25, -0.2) is 13.2 Å². The number of amides is 3. The van der Waals surface area contributed by atoms with Gasteiger partial charge in [-0.05, 0) is 64.5 Å². The van der Waals surface area contributed by atoms with E-state index in [4.69, 9.17) is 11.5 Å². The third kappa shape index (κ3) is 24.9. The summed E-state index contributed by atoms with van der Waals surface area (Å²) in [7, 11) is -3.48. The molecule has 0 saturated carbocycles. The fourth-order valence-electron chi connectivity index (χ4n) is 5.23. The van der Waals surface area contributed by atoms with Crippen molar-refractivity contribution in [2.45, 2.75) is 160 Å². The number of unbranched alkanes of at least 4 members (excludes halogenated alkanes) is 14. The Hall–Kier alpha value is -2.25. The normalized spacial score (nSPS) is 13.5. The van der Waals surface area contributed by atoms with Crippen LogP contribution in [0.3, 0.4) is 0 Å². The van der Waals surface area contributed by atoms with Gasteiger partial charge in [0.25, 0.3) is 0 Å². The summed E-state index contributed by atoms with van der Waals surface area (Å²) in [6, 6.07) is -3.44. The largest absolute Gasteiger partial charge is 0.480 e. The van der Waals surface area contributed by atoms with Crippen LogP contribution in [-0.2, 0) is 29.0 Å². The molecule has 0 spiro atoms. The molecule has 0 unspecified atom stereocenters. The van der Waals surface area contributed by atoms with Gasteiger partial charge < -0.3 is 32.5 Å². The Labute approximate surface area is 278 Å². The molecule has 0 bridgehead atoms. The van der Waals surface area contributed by atoms with E-state index in [1.807, 2.05) is 0 Å². The zero-order chi connectivity index (χ0) is 34.6. The highest BCUT2D eigenvalue weighted by Crippen LogP contribution is 2.13. The lowest BCUT2D eigenvalue weighted by molar-refractivity contribution is -0.142. The average molecular weight is 676 g/mol. The molecule has 0 heterocycles. The second-order valence-electron chi connectivity index (χ2n) is 12.6. The highest BCUT2D eigenvalue weighted by Gasteiger charge is 2.30. The minimum atomic E-state index is -3.48. The number of nitrogens with two attached hydrogens (primary N) is 2. The van der Waals surface area contributed by atoms with Gasteiger partial charge in [-0.1, -0.05) is 84.0 Å². The maximum Gasteiger partial charge on any atom is 0.326 e. The number of rotatable bonds is 31. The molecule has 3 atom stereocenters. The van der Waals surface area contributed by atoms with E-state index in [9.17, 15) is 32.7 Å². The lowest BCUT2D eigenvalue weighted by Crippen LogP contribution is -2.56. The van der Waals surface area contributed by atoms with Crippen molar-refractivity contribution in [1.82, 2.24) is 16.0 Å². The lowest BCUT2D eigenvalue weighted by Gasteiger charge is -2.24. The maximum atomic E-state index is 13.3. The van der Waals surface area contributed by atoms with Crippen LogP contribution in [0.15, 0.2) is 0 Å². The molecule has 46 heavy (non-hydrogen) atoms. The van der Waals surface area contributed by atoms with E-state index in [1.54, 1.807) is 0 Å². The van der Waals surface area contributed by atoms with Gasteiger partial charge >= 0.3 is 5.97 Å². The number of nitrogens with one attached hydrogen (secondary N) is 3. The van der Waals surface area contributed by atoms with Crippen molar-refractivity contribution in [3.05, 3.63) is 0 Å². The van der Waals surface area contributed by atoms with Crippen molar-refractivity contribution < 1.29 is 32.7 Å². The van der Waals surface area contributed by atoms with Gasteiger partial charge in [-0.2, -0.15) is 0 Å². The number of sulfone groups is 1. The molecule has 0 rings (SSSR count). The summed E-state index contributed by atoms with van der Waals surface area (Å²) in [5, 5.41) is 17.3. The fourth-order valence-corrected chi connectivity index (χ4v) is 5.89. The smallest absolute Gasteiger partial charge is 0.326 e. The second-order valence-corrected chi connectivity index (χ2v) is 14.8. The number of carbonyl (C=O) groups is 4. The first kappa shape index (κ1) is 43.8. The summed E-state index contributed by atoms with van der Waals surface area (Å²) in [5.41, 5.74) is 11.1. The first-order chi connectivity index (χ1) is 21.9. The van der Waals surface area contributed by atoms with Crippen LogP contribution in [0, 0.1) is 0 Å². The highest BCUT2D eigenvalue weighted by molar-refractivity contribution is 7.90. The molecular weight excluding hydrogens is 610 g/mol. The zero-order valence-corrected chi connectivity index (χ0v) is 29.5. The summed E-state index contributed by atoms with van der Waals surface area (Å²) in [6.07, 6.45) is 19.3. The number of aliphatic carboxylic acids is 1. The summed E-state index contributed by atoms with van der Waals surface area (Å²) >= 11 is 0. The van der Waals surface area contributed by atoms with Crippen molar-refractivity contribution in [1.29, 1.82) is 0 Å². The van der Waals surface area contributed by atoms with Crippen LogP contribution in [-0.4, -0.2) is 80.4 Å². The Morgan fingerprint density at radius 1 is 0.587 bits per heavy atom. The molecule has 0 aromatic carbocycles. The Bertz CT molecular complexity index is 949. The van der Waals surface area contributed by atoms with Crippen LogP contribution < -0.4 is 27.4 Å². The van der Waals surface area contributed by atoms with E-state index in [-0.39, 0.29) is 30.9 Å². The monoisotopic (exact) mass is 675 g/mol. The molecular formula is C33H65N5O7S. The molecule has 0 radical (unpaired) electrons. The van der Waals surface area contributed by atoms with Gasteiger partial charge in [0.05, 0.1) is 5.75 Å². The molecule has 12 nitrogen and oxygen atoms in total. The van der Waals surface area contributed by atoms with Crippen LogP contribution in [0.25, 0.3) is 0 Å². The molecule has 0 aromatic rings. The predicted octanol–water partition coefficient (Wildman–Crippen LogP) is 3.70. The van der Waals surface area contributed by atoms with Crippen molar-refractivity contribution in [3.8, 4) is 0 Å². The van der Waals surface area contributed by atoms with Crippen molar-refractivity contribution >= 4 is 33.5 Å². The SMILES string of the molecule is CCCCCCCCCCCCCCCC(=O)N[C@@H](CCCCN)C(=O)N[C@@H](CCS(C)(=O)=O)C(=O)N[C@@H](CCCCN)C(=O)O. The minimum Gasteiger partial charge on any atom is -0.480 e. The van der Waals surface area contributed by atoms with E-state index in [0.717, 1.165) is 25.5 Å². The van der Waals surface area contributed by atoms with Gasteiger partial charge in [0.2, 0.25) is 17.7 Å². The van der Waals surface area contributed by atoms with Crippen LogP contribution in [0.4, 0.5) is 0 Å². The van der Waals surface area contributed by atoms with Crippen molar-refractivity contribution in [2.75, 3.05) is 25.1 Å². The molecule has 0 aliphatic rings. The molecule has 0 aromatic heterocycles. The van der Waals surface area contributed by atoms with Gasteiger partial charge in [-0.3, -0.25) is 14.4 Å². The van der Waals surface area contributed by atoms with Crippen molar-refractivity contribution in [3.63, 3.8) is 0 Å². The van der Waals surface area contributed by atoms with E-state index in [2.05, 4.69) is 22.9 Å². The number of carboxylic acid groups (broad SMARTS) is 1. The Morgan fingerprint density at radius 3 is 1.43 bits per heavy atom. The third-order valence-corrected chi connectivity index (χ3v) is 9.06. The quantitative estimate of drug-likeness (QED) is 0.0591. The summed E-state index contributed by atoms with van der Waals surface area (Å²) in [6.45, 7) is 3.03. The Kier molecular flexibility index (Phi) is 26.5. The molecule has 13 heteroatoms. The van der Waals surface area contributed by atoms with Gasteiger partial charge in [0, 0.05) is 12.7 Å². The number of hydrogen-bond acceptors (Lipinski definition) is 8. The van der Waals surface area contributed by atoms with E-state index in [0.29, 0.717) is 51.6 Å². The maximum absolute atomic E-state index is 13.3. The molecule has 0 aliphatic heterocycles. The first-order valence-corrected chi connectivity index (χ1v) is 19.7. The number of carbonyl (C=O) groups excluding carboxylic acids is 3. The third-order valence-electron chi connectivity index (χ3n) is 8.08. The molecule has 0 saturated heterocycles. The second kappa shape index (κ2) is 27.8. The van der Waals surface area contributed by atoms with E-state index in [1.165, 1.54) is 57.8 Å². The zero-order valence-electron chi connectivity index (χ0n) is 28.7. The van der Waals surface area contributed by atoms with Crippen molar-refractivity contribution in [2.24, 2.45) is 11.5 Å². The van der Waals surface area contributed by atoms with E-state index >= 15 is 0 Å². The van der Waals surface area contributed by atoms with E-state index < -0.39 is 45.7 Å². The van der Waals surface area contributed by atoms with Gasteiger partial charge in [0.1, 0.15) is 28.0 Å². The first-order valence-electron chi connectivity index (χ1n) is 17.7.